The van der Waals surface area contributed by atoms with Gasteiger partial charge in [0.25, 0.3) is 0 Å². The zero-order valence-corrected chi connectivity index (χ0v) is 22.5. The number of sulfonamides is 1. The number of piperidine rings is 1. The van der Waals surface area contributed by atoms with Gasteiger partial charge in [-0.15, -0.1) is 0 Å². The maximum atomic E-state index is 13.4. The molecule has 1 saturated carbocycles. The average Bonchev–Trinajstić information content (AvgIpc) is 2.87. The van der Waals surface area contributed by atoms with Crippen molar-refractivity contribution in [1.82, 2.24) is 4.31 Å². The van der Waals surface area contributed by atoms with Crippen LogP contribution >= 0.6 is 11.6 Å². The Kier molecular flexibility index (Phi) is 7.47. The van der Waals surface area contributed by atoms with E-state index in [1.165, 1.54) is 11.4 Å². The number of hydrogen-bond acceptors (Lipinski definition) is 5. The van der Waals surface area contributed by atoms with Gasteiger partial charge in [0.1, 0.15) is 5.75 Å². The summed E-state index contributed by atoms with van der Waals surface area (Å²) >= 11 is 6.15. The van der Waals surface area contributed by atoms with E-state index in [4.69, 9.17) is 16.3 Å². The molecule has 3 aliphatic rings. The number of ether oxygens (including phenoxy) is 1. The number of methoxy groups -OCH3 is 1. The number of amides is 2. The van der Waals surface area contributed by atoms with E-state index in [1.807, 2.05) is 4.90 Å². The van der Waals surface area contributed by atoms with Crippen LogP contribution in [-0.2, 0) is 26.0 Å². The SMILES string of the molecule is COc1ccc(NC(=O)C2CCN(S(=O)(=O)c3ccc4c(c3)CCCN4C(=O)C3CCC3)CC2)cc1Cl. The summed E-state index contributed by atoms with van der Waals surface area (Å²) in [6.07, 6.45) is 5.44. The molecule has 0 aromatic heterocycles. The molecule has 2 amide bonds. The quantitative estimate of drug-likeness (QED) is 0.578. The minimum Gasteiger partial charge on any atom is -0.495 e. The lowest BCUT2D eigenvalue weighted by Gasteiger charge is -2.35. The predicted molar refractivity (Wildman–Crippen MR) is 143 cm³/mol. The molecule has 0 atom stereocenters. The number of hydrogen-bond donors (Lipinski definition) is 1. The Balaban J connectivity index is 1.23. The number of carbonyl (C=O) groups excluding carboxylic acids is 2. The lowest BCUT2D eigenvalue weighted by molar-refractivity contribution is -0.124. The highest BCUT2D eigenvalue weighted by molar-refractivity contribution is 7.89. The van der Waals surface area contributed by atoms with E-state index in [-0.39, 0.29) is 41.6 Å². The van der Waals surface area contributed by atoms with Crippen molar-refractivity contribution < 1.29 is 22.7 Å². The van der Waals surface area contributed by atoms with Gasteiger partial charge in [0, 0.05) is 42.8 Å². The van der Waals surface area contributed by atoms with Gasteiger partial charge in [-0.1, -0.05) is 18.0 Å². The minimum absolute atomic E-state index is 0.106. The standard InChI is InChI=1S/C27H32ClN3O5S/c1-36-25-10-7-21(17-23(25)28)29-26(32)18-11-14-30(15-12-18)37(34,35)22-8-9-24-20(16-22)6-3-13-31(24)27(33)19-4-2-5-19/h7-10,16-19H,2-6,11-15H2,1H3,(H,29,32). The van der Waals surface area contributed by atoms with E-state index in [9.17, 15) is 18.0 Å². The normalized spacial score (nSPS) is 19.1. The first kappa shape index (κ1) is 26.0. The van der Waals surface area contributed by atoms with Crippen LogP contribution in [0.2, 0.25) is 5.02 Å². The van der Waals surface area contributed by atoms with Crippen molar-refractivity contribution in [2.24, 2.45) is 11.8 Å². The highest BCUT2D eigenvalue weighted by atomic mass is 35.5. The molecule has 8 nitrogen and oxygen atoms in total. The zero-order valence-electron chi connectivity index (χ0n) is 20.9. The summed E-state index contributed by atoms with van der Waals surface area (Å²) in [5.41, 5.74) is 2.33. The molecule has 0 unspecified atom stereocenters. The molecular weight excluding hydrogens is 514 g/mol. The fraction of sp³-hybridized carbons (Fsp3) is 0.481. The predicted octanol–water partition coefficient (Wildman–Crippen LogP) is 4.47. The number of halogens is 1. The number of nitrogens with one attached hydrogen (secondary N) is 1. The van der Waals surface area contributed by atoms with Crippen molar-refractivity contribution in [1.29, 1.82) is 0 Å². The monoisotopic (exact) mass is 545 g/mol. The van der Waals surface area contributed by atoms with Crippen molar-refractivity contribution in [3.8, 4) is 5.75 Å². The van der Waals surface area contributed by atoms with E-state index >= 15 is 0 Å². The Morgan fingerprint density at radius 2 is 1.73 bits per heavy atom. The number of benzene rings is 2. The van der Waals surface area contributed by atoms with Gasteiger partial charge in [-0.25, -0.2) is 8.42 Å². The van der Waals surface area contributed by atoms with Crippen molar-refractivity contribution in [3.05, 3.63) is 47.0 Å². The first-order valence-electron chi connectivity index (χ1n) is 12.9. The number of carbonyl (C=O) groups is 2. The third kappa shape index (κ3) is 5.22. The highest BCUT2D eigenvalue weighted by Crippen LogP contribution is 2.36. The summed E-state index contributed by atoms with van der Waals surface area (Å²) in [6, 6.07) is 10.2. The van der Waals surface area contributed by atoms with Crippen LogP contribution in [0, 0.1) is 11.8 Å². The lowest BCUT2D eigenvalue weighted by atomic mass is 9.83. The number of aryl methyl sites for hydroxylation is 1. The van der Waals surface area contributed by atoms with Crippen molar-refractivity contribution in [2.45, 2.75) is 49.8 Å². The van der Waals surface area contributed by atoms with Crippen LogP contribution in [0.15, 0.2) is 41.3 Å². The van der Waals surface area contributed by atoms with Crippen LogP contribution in [0.5, 0.6) is 5.75 Å². The highest BCUT2D eigenvalue weighted by Gasteiger charge is 2.35. The third-order valence-corrected chi connectivity index (χ3v) is 9.96. The van der Waals surface area contributed by atoms with Crippen LogP contribution in [0.4, 0.5) is 11.4 Å². The molecule has 37 heavy (non-hydrogen) atoms. The Labute approximate surface area is 223 Å². The molecule has 5 rings (SSSR count). The molecule has 1 N–H and O–H groups in total. The molecule has 0 radical (unpaired) electrons. The lowest BCUT2D eigenvalue weighted by Crippen LogP contribution is -2.42. The second-order valence-electron chi connectivity index (χ2n) is 10.0. The molecule has 0 bridgehead atoms. The first-order chi connectivity index (χ1) is 17.8. The smallest absolute Gasteiger partial charge is 0.243 e. The van der Waals surface area contributed by atoms with Gasteiger partial charge in [-0.3, -0.25) is 9.59 Å². The second kappa shape index (κ2) is 10.6. The van der Waals surface area contributed by atoms with Crippen molar-refractivity contribution in [2.75, 3.05) is 37.0 Å². The maximum absolute atomic E-state index is 13.4. The van der Waals surface area contributed by atoms with E-state index < -0.39 is 10.0 Å². The number of anilines is 2. The number of rotatable bonds is 6. The molecule has 2 aromatic rings. The molecule has 1 aliphatic carbocycles. The minimum atomic E-state index is -3.70. The van der Waals surface area contributed by atoms with Gasteiger partial charge in [0.2, 0.25) is 21.8 Å². The van der Waals surface area contributed by atoms with E-state index in [1.54, 1.807) is 36.4 Å². The van der Waals surface area contributed by atoms with Gasteiger partial charge in [-0.05, 0) is 80.5 Å². The molecule has 0 spiro atoms. The fourth-order valence-electron chi connectivity index (χ4n) is 5.33. The summed E-state index contributed by atoms with van der Waals surface area (Å²) in [5, 5.41) is 3.28. The summed E-state index contributed by atoms with van der Waals surface area (Å²) in [4.78, 5) is 27.8. The van der Waals surface area contributed by atoms with E-state index in [0.29, 0.717) is 35.8 Å². The van der Waals surface area contributed by atoms with Crippen molar-refractivity contribution >= 4 is 44.8 Å². The summed E-state index contributed by atoms with van der Waals surface area (Å²) in [6.45, 7) is 1.23. The molecule has 10 heteroatoms. The Hall–Kier alpha value is -2.62. The first-order valence-corrected chi connectivity index (χ1v) is 14.7. The van der Waals surface area contributed by atoms with Gasteiger partial charge < -0.3 is 15.0 Å². The van der Waals surface area contributed by atoms with Gasteiger partial charge in [-0.2, -0.15) is 4.31 Å². The second-order valence-corrected chi connectivity index (χ2v) is 12.4. The maximum Gasteiger partial charge on any atom is 0.243 e. The van der Waals surface area contributed by atoms with Crippen LogP contribution in [0.25, 0.3) is 0 Å². The van der Waals surface area contributed by atoms with Crippen LogP contribution in [0.1, 0.15) is 44.1 Å². The van der Waals surface area contributed by atoms with Gasteiger partial charge in [0.05, 0.1) is 17.0 Å². The number of nitrogens with zero attached hydrogens (tertiary/aromatic N) is 2. The van der Waals surface area contributed by atoms with Crippen LogP contribution < -0.4 is 15.0 Å². The summed E-state index contributed by atoms with van der Waals surface area (Å²) in [7, 11) is -2.17. The molecule has 2 heterocycles. The van der Waals surface area contributed by atoms with E-state index in [2.05, 4.69) is 5.32 Å². The van der Waals surface area contributed by atoms with Crippen LogP contribution in [0.3, 0.4) is 0 Å². The molecule has 198 valence electrons. The molecule has 2 aliphatic heterocycles. The molecule has 2 fully saturated rings. The molecular formula is C27H32ClN3O5S. The van der Waals surface area contributed by atoms with Crippen LogP contribution in [-0.4, -0.2) is 51.3 Å². The summed E-state index contributed by atoms with van der Waals surface area (Å²) in [5.74, 6) is 0.359. The van der Waals surface area contributed by atoms with Gasteiger partial charge >= 0.3 is 0 Å². The molecule has 2 aromatic carbocycles. The average molecular weight is 546 g/mol. The molecule has 1 saturated heterocycles. The Morgan fingerprint density at radius 1 is 0.973 bits per heavy atom. The topological polar surface area (TPSA) is 96.0 Å². The van der Waals surface area contributed by atoms with Crippen molar-refractivity contribution in [3.63, 3.8) is 0 Å². The zero-order chi connectivity index (χ0) is 26.2. The number of fused-ring (bicyclic) bond motifs is 1. The Morgan fingerprint density at radius 3 is 2.38 bits per heavy atom. The van der Waals surface area contributed by atoms with E-state index in [0.717, 1.165) is 43.4 Å². The largest absolute Gasteiger partial charge is 0.495 e. The fourth-order valence-corrected chi connectivity index (χ4v) is 7.11. The van der Waals surface area contributed by atoms with Gasteiger partial charge in [0.15, 0.2) is 0 Å². The third-order valence-electron chi connectivity index (χ3n) is 7.77. The summed E-state index contributed by atoms with van der Waals surface area (Å²) < 4.78 is 33.5. The Bertz CT molecular complexity index is 1300.